The summed E-state index contributed by atoms with van der Waals surface area (Å²) < 4.78 is 0. The van der Waals surface area contributed by atoms with Crippen molar-refractivity contribution in [3.63, 3.8) is 0 Å². The molecule has 1 saturated heterocycles. The Hall–Kier alpha value is -2.25. The number of fused-ring (bicyclic) bond motifs is 2. The van der Waals surface area contributed by atoms with E-state index in [1.807, 2.05) is 31.3 Å². The normalized spacial score (nSPS) is 24.7. The smallest absolute Gasteiger partial charge is 0.270 e. The zero-order chi connectivity index (χ0) is 19.5. The molecule has 0 bridgehead atoms. The maximum absolute atomic E-state index is 12.6. The molecule has 1 aromatic carbocycles. The number of rotatable bonds is 5. The van der Waals surface area contributed by atoms with Crippen molar-refractivity contribution in [3.8, 4) is 0 Å². The second kappa shape index (κ2) is 8.41. The molecule has 0 spiro atoms. The van der Waals surface area contributed by atoms with Gasteiger partial charge in [0.2, 0.25) is 5.91 Å². The van der Waals surface area contributed by atoms with Gasteiger partial charge in [-0.25, -0.2) is 4.98 Å². The molecule has 0 radical (unpaired) electrons. The molecule has 1 amide bonds. The molecule has 1 aliphatic carbocycles. The van der Waals surface area contributed by atoms with E-state index in [9.17, 15) is 9.59 Å². The van der Waals surface area contributed by atoms with E-state index in [2.05, 4.69) is 20.8 Å². The van der Waals surface area contributed by atoms with Gasteiger partial charge in [0, 0.05) is 38.5 Å². The van der Waals surface area contributed by atoms with E-state index in [0.29, 0.717) is 43.1 Å². The van der Waals surface area contributed by atoms with E-state index >= 15 is 0 Å². The van der Waals surface area contributed by atoms with Gasteiger partial charge in [-0.15, -0.1) is 0 Å². The number of aromatic amines is 1. The SMILES string of the molecule is CN(CC1NNC2CCCCCC21)C(=O)CCc1nc2ccccc2[nH]c1=O. The van der Waals surface area contributed by atoms with Gasteiger partial charge in [0.15, 0.2) is 0 Å². The van der Waals surface area contributed by atoms with Crippen LogP contribution in [0.2, 0.25) is 0 Å². The highest BCUT2D eigenvalue weighted by molar-refractivity contribution is 5.76. The summed E-state index contributed by atoms with van der Waals surface area (Å²) >= 11 is 0. The molecule has 1 saturated carbocycles. The molecule has 2 aliphatic rings. The maximum atomic E-state index is 12.6. The summed E-state index contributed by atoms with van der Waals surface area (Å²) in [5, 5.41) is 0. The summed E-state index contributed by atoms with van der Waals surface area (Å²) in [7, 11) is 1.85. The Morgan fingerprint density at radius 2 is 2.00 bits per heavy atom. The van der Waals surface area contributed by atoms with Gasteiger partial charge in [0.05, 0.1) is 11.0 Å². The van der Waals surface area contributed by atoms with Gasteiger partial charge in [0.1, 0.15) is 5.69 Å². The number of benzene rings is 1. The lowest BCUT2D eigenvalue weighted by Gasteiger charge is -2.26. The zero-order valence-electron chi connectivity index (χ0n) is 16.4. The lowest BCUT2D eigenvalue weighted by atomic mass is 9.90. The Bertz CT molecular complexity index is 896. The van der Waals surface area contributed by atoms with Crippen LogP contribution in [0.15, 0.2) is 29.1 Å². The van der Waals surface area contributed by atoms with Crippen LogP contribution in [0.3, 0.4) is 0 Å². The summed E-state index contributed by atoms with van der Waals surface area (Å²) in [5.41, 5.74) is 8.51. The van der Waals surface area contributed by atoms with Crippen molar-refractivity contribution in [1.82, 2.24) is 25.7 Å². The molecule has 3 N–H and O–H groups in total. The van der Waals surface area contributed by atoms with E-state index in [1.54, 1.807) is 4.90 Å². The van der Waals surface area contributed by atoms with Crippen LogP contribution in [0.4, 0.5) is 0 Å². The fourth-order valence-electron chi connectivity index (χ4n) is 4.55. The van der Waals surface area contributed by atoms with E-state index in [0.717, 1.165) is 11.0 Å². The van der Waals surface area contributed by atoms with Crippen molar-refractivity contribution in [2.75, 3.05) is 13.6 Å². The number of hydrazine groups is 1. The highest BCUT2D eigenvalue weighted by atomic mass is 16.2. The molecule has 3 unspecified atom stereocenters. The molecule has 4 rings (SSSR count). The topological polar surface area (TPSA) is 90.1 Å². The lowest BCUT2D eigenvalue weighted by Crippen LogP contribution is -2.43. The zero-order valence-corrected chi connectivity index (χ0v) is 16.4. The summed E-state index contributed by atoms with van der Waals surface area (Å²) in [5.74, 6) is 0.635. The summed E-state index contributed by atoms with van der Waals surface area (Å²) in [6.45, 7) is 0.689. The second-order valence-corrected chi connectivity index (χ2v) is 8.11. The molecule has 2 heterocycles. The number of hydrogen-bond donors (Lipinski definition) is 3. The van der Waals surface area contributed by atoms with Gasteiger partial charge in [-0.05, 0) is 30.9 Å². The molecule has 1 aromatic heterocycles. The van der Waals surface area contributed by atoms with Crippen LogP contribution >= 0.6 is 0 Å². The Labute approximate surface area is 164 Å². The van der Waals surface area contributed by atoms with Crippen molar-refractivity contribution in [2.45, 2.75) is 57.0 Å². The van der Waals surface area contributed by atoms with Gasteiger partial charge in [-0.2, -0.15) is 0 Å². The number of nitrogens with one attached hydrogen (secondary N) is 3. The van der Waals surface area contributed by atoms with Crippen molar-refractivity contribution < 1.29 is 4.79 Å². The molecule has 7 heteroatoms. The number of H-pyrrole nitrogens is 1. The first-order valence-corrected chi connectivity index (χ1v) is 10.3. The van der Waals surface area contributed by atoms with Crippen LogP contribution in [0.25, 0.3) is 11.0 Å². The van der Waals surface area contributed by atoms with Crippen molar-refractivity contribution in [2.24, 2.45) is 5.92 Å². The van der Waals surface area contributed by atoms with Crippen LogP contribution in [-0.2, 0) is 11.2 Å². The monoisotopic (exact) mass is 383 g/mol. The molecule has 28 heavy (non-hydrogen) atoms. The summed E-state index contributed by atoms with van der Waals surface area (Å²) in [6.07, 6.45) is 6.93. The minimum Gasteiger partial charge on any atom is -0.344 e. The molecule has 150 valence electrons. The fraction of sp³-hybridized carbons (Fsp3) is 0.571. The molecular formula is C21H29N5O2. The number of amides is 1. The van der Waals surface area contributed by atoms with Crippen LogP contribution in [0, 0.1) is 5.92 Å². The predicted molar refractivity (Wildman–Crippen MR) is 109 cm³/mol. The largest absolute Gasteiger partial charge is 0.344 e. The Kier molecular flexibility index (Phi) is 5.73. The third kappa shape index (κ3) is 4.10. The molecule has 1 aliphatic heterocycles. The Morgan fingerprint density at radius 1 is 1.18 bits per heavy atom. The minimum absolute atomic E-state index is 0.0493. The fourth-order valence-corrected chi connectivity index (χ4v) is 4.55. The lowest BCUT2D eigenvalue weighted by molar-refractivity contribution is -0.130. The van der Waals surface area contributed by atoms with Crippen molar-refractivity contribution >= 4 is 16.9 Å². The second-order valence-electron chi connectivity index (χ2n) is 8.11. The average Bonchev–Trinajstić information content (AvgIpc) is 2.92. The predicted octanol–water partition coefficient (Wildman–Crippen LogP) is 1.74. The number of aromatic nitrogens is 2. The minimum atomic E-state index is -0.211. The van der Waals surface area contributed by atoms with E-state index in [1.165, 1.54) is 32.1 Å². The average molecular weight is 383 g/mol. The first-order valence-electron chi connectivity index (χ1n) is 10.3. The summed E-state index contributed by atoms with van der Waals surface area (Å²) in [4.78, 5) is 33.9. The van der Waals surface area contributed by atoms with Crippen LogP contribution < -0.4 is 16.4 Å². The van der Waals surface area contributed by atoms with E-state index in [4.69, 9.17) is 0 Å². The number of carbonyl (C=O) groups excluding carboxylic acids is 1. The van der Waals surface area contributed by atoms with Gasteiger partial charge < -0.3 is 9.88 Å². The van der Waals surface area contributed by atoms with E-state index in [-0.39, 0.29) is 11.5 Å². The van der Waals surface area contributed by atoms with E-state index < -0.39 is 0 Å². The van der Waals surface area contributed by atoms with Gasteiger partial charge in [-0.3, -0.25) is 20.4 Å². The molecule has 2 aromatic rings. The quantitative estimate of drug-likeness (QED) is 0.732. The highest BCUT2D eigenvalue weighted by Gasteiger charge is 2.36. The standard InChI is InChI=1S/C21H29N5O2/c1-26(13-19-14-7-3-2-4-8-15(14)24-25-19)20(27)12-11-18-21(28)23-17-10-6-5-9-16(17)22-18/h5-6,9-10,14-15,19,24-25H,2-4,7-8,11-13H2,1H3,(H,23,28). The Balaban J connectivity index is 1.35. The molecule has 3 atom stereocenters. The number of hydrogen-bond acceptors (Lipinski definition) is 5. The number of carbonyl (C=O) groups is 1. The molecule has 7 nitrogen and oxygen atoms in total. The highest BCUT2D eigenvalue weighted by Crippen LogP contribution is 2.29. The number of likely N-dealkylation sites (N-methyl/N-ethyl adjacent to an activating group) is 1. The van der Waals surface area contributed by atoms with Gasteiger partial charge >= 0.3 is 0 Å². The van der Waals surface area contributed by atoms with Crippen LogP contribution in [0.5, 0.6) is 0 Å². The third-order valence-corrected chi connectivity index (χ3v) is 6.18. The number of aryl methyl sites for hydroxylation is 1. The van der Waals surface area contributed by atoms with Gasteiger partial charge in [0.25, 0.3) is 5.56 Å². The molecule has 2 fully saturated rings. The van der Waals surface area contributed by atoms with Crippen molar-refractivity contribution in [3.05, 3.63) is 40.3 Å². The maximum Gasteiger partial charge on any atom is 0.270 e. The Morgan fingerprint density at radius 3 is 2.89 bits per heavy atom. The first-order chi connectivity index (χ1) is 13.6. The molecular weight excluding hydrogens is 354 g/mol. The summed E-state index contributed by atoms with van der Waals surface area (Å²) in [6, 6.07) is 8.26. The van der Waals surface area contributed by atoms with Crippen LogP contribution in [-0.4, -0.2) is 46.5 Å². The number of nitrogens with zero attached hydrogens (tertiary/aromatic N) is 2. The number of para-hydroxylation sites is 2. The third-order valence-electron chi connectivity index (χ3n) is 6.18. The van der Waals surface area contributed by atoms with Crippen LogP contribution in [0.1, 0.15) is 44.2 Å². The van der Waals surface area contributed by atoms with Crippen molar-refractivity contribution in [1.29, 1.82) is 0 Å². The van der Waals surface area contributed by atoms with Gasteiger partial charge in [-0.1, -0.05) is 31.4 Å². The first kappa shape index (κ1) is 19.1.